The van der Waals surface area contributed by atoms with Crippen molar-refractivity contribution in [2.45, 2.75) is 32.4 Å². The van der Waals surface area contributed by atoms with Crippen LogP contribution in [0.5, 0.6) is 11.5 Å². The Balaban J connectivity index is 1.37. The summed E-state index contributed by atoms with van der Waals surface area (Å²) in [6.07, 6.45) is 3.79. The van der Waals surface area contributed by atoms with Crippen molar-refractivity contribution in [1.82, 2.24) is 0 Å². The van der Waals surface area contributed by atoms with E-state index in [9.17, 15) is 0 Å². The van der Waals surface area contributed by atoms with E-state index in [-0.39, 0.29) is 0 Å². The predicted octanol–water partition coefficient (Wildman–Crippen LogP) is 6.53. The molecule has 0 aliphatic carbocycles. The highest BCUT2D eigenvalue weighted by molar-refractivity contribution is 6.33. The zero-order valence-corrected chi connectivity index (χ0v) is 18.7. The fraction of sp³-hybridized carbons (Fsp3) is 0.308. The summed E-state index contributed by atoms with van der Waals surface area (Å²) in [4.78, 5) is 2.38. The van der Waals surface area contributed by atoms with Gasteiger partial charge in [0.25, 0.3) is 0 Å². The number of hydrogen-bond donors (Lipinski definition) is 1. The summed E-state index contributed by atoms with van der Waals surface area (Å²) < 4.78 is 11.5. The quantitative estimate of drug-likeness (QED) is 0.435. The molecule has 1 fully saturated rings. The molecule has 5 heteroatoms. The van der Waals surface area contributed by atoms with E-state index in [1.165, 1.54) is 19.3 Å². The highest BCUT2D eigenvalue weighted by Gasteiger charge is 2.14. The molecule has 162 valence electrons. The van der Waals surface area contributed by atoms with Crippen LogP contribution in [-0.2, 0) is 13.2 Å². The van der Waals surface area contributed by atoms with Gasteiger partial charge in [-0.3, -0.25) is 0 Å². The van der Waals surface area contributed by atoms with Crippen LogP contribution in [-0.4, -0.2) is 20.2 Å². The van der Waals surface area contributed by atoms with E-state index in [1.54, 1.807) is 7.11 Å². The minimum absolute atomic E-state index is 0.511. The molecule has 0 aromatic heterocycles. The molecule has 3 aromatic carbocycles. The Hall–Kier alpha value is -2.85. The van der Waals surface area contributed by atoms with Crippen LogP contribution in [0, 0.1) is 0 Å². The highest BCUT2D eigenvalue weighted by atomic mass is 35.5. The van der Waals surface area contributed by atoms with Crippen molar-refractivity contribution in [2.24, 2.45) is 0 Å². The molecule has 31 heavy (non-hydrogen) atoms. The van der Waals surface area contributed by atoms with Crippen LogP contribution in [0.15, 0.2) is 66.7 Å². The van der Waals surface area contributed by atoms with Gasteiger partial charge in [0, 0.05) is 25.3 Å². The van der Waals surface area contributed by atoms with Gasteiger partial charge in [0.1, 0.15) is 6.61 Å². The molecule has 1 aliphatic heterocycles. The Morgan fingerprint density at radius 2 is 1.68 bits per heavy atom. The summed E-state index contributed by atoms with van der Waals surface area (Å²) in [5.41, 5.74) is 4.38. The normalized spacial score (nSPS) is 13.7. The lowest BCUT2D eigenvalue weighted by Gasteiger charge is -2.29. The minimum Gasteiger partial charge on any atom is -0.493 e. The summed E-state index contributed by atoms with van der Waals surface area (Å²) in [5.74, 6) is 1.47. The van der Waals surface area contributed by atoms with E-state index in [0.717, 1.165) is 52.1 Å². The fourth-order valence-corrected chi connectivity index (χ4v) is 4.19. The van der Waals surface area contributed by atoms with Gasteiger partial charge in [-0.1, -0.05) is 48.0 Å². The zero-order chi connectivity index (χ0) is 21.5. The monoisotopic (exact) mass is 436 g/mol. The second-order valence-electron chi connectivity index (χ2n) is 7.83. The van der Waals surface area contributed by atoms with E-state index < -0.39 is 0 Å². The molecule has 0 radical (unpaired) electrons. The maximum Gasteiger partial charge on any atom is 0.161 e. The Morgan fingerprint density at radius 3 is 2.42 bits per heavy atom. The summed E-state index contributed by atoms with van der Waals surface area (Å²) in [6, 6.07) is 22.4. The van der Waals surface area contributed by atoms with Gasteiger partial charge < -0.3 is 19.7 Å². The molecule has 0 amide bonds. The smallest absolute Gasteiger partial charge is 0.161 e. The molecule has 3 aromatic rings. The van der Waals surface area contributed by atoms with Gasteiger partial charge in [-0.25, -0.2) is 0 Å². The number of nitrogens with zero attached hydrogens (tertiary/aromatic N) is 1. The van der Waals surface area contributed by atoms with Gasteiger partial charge in [-0.15, -0.1) is 0 Å². The number of benzene rings is 3. The van der Waals surface area contributed by atoms with Crippen molar-refractivity contribution in [3.05, 3.63) is 82.9 Å². The second-order valence-corrected chi connectivity index (χ2v) is 8.23. The molecule has 4 nitrogen and oxygen atoms in total. The van der Waals surface area contributed by atoms with Crippen molar-refractivity contribution in [3.8, 4) is 11.5 Å². The van der Waals surface area contributed by atoms with Gasteiger partial charge in [0.05, 0.1) is 17.8 Å². The average Bonchev–Trinajstić information content (AvgIpc) is 2.83. The first kappa shape index (κ1) is 21.4. The van der Waals surface area contributed by atoms with E-state index in [1.807, 2.05) is 48.5 Å². The van der Waals surface area contributed by atoms with Crippen LogP contribution in [0.25, 0.3) is 0 Å². The predicted molar refractivity (Wildman–Crippen MR) is 129 cm³/mol. The summed E-state index contributed by atoms with van der Waals surface area (Å²) in [6.45, 7) is 3.36. The van der Waals surface area contributed by atoms with E-state index >= 15 is 0 Å². The van der Waals surface area contributed by atoms with Gasteiger partial charge in [0.2, 0.25) is 0 Å². The van der Waals surface area contributed by atoms with Gasteiger partial charge in [0.15, 0.2) is 11.5 Å². The summed E-state index contributed by atoms with van der Waals surface area (Å²) in [7, 11) is 1.67. The first-order valence-electron chi connectivity index (χ1n) is 10.8. The standard InChI is InChI=1S/C26H29ClN2O2/c1-30-26-16-21(10-13-25(26)31-19-20-8-4-2-5-9-20)18-28-22-11-12-24(23(27)17-22)29-14-6-3-7-15-29/h2,4-5,8-13,16-17,28H,3,6-7,14-15,18-19H2,1H3. The topological polar surface area (TPSA) is 33.7 Å². The lowest BCUT2D eigenvalue weighted by Crippen LogP contribution is -2.29. The molecular weight excluding hydrogens is 408 g/mol. The number of piperidine rings is 1. The molecule has 1 saturated heterocycles. The fourth-order valence-electron chi connectivity index (χ4n) is 3.89. The van der Waals surface area contributed by atoms with Gasteiger partial charge in [-0.05, 0) is 60.7 Å². The van der Waals surface area contributed by atoms with Crippen molar-refractivity contribution < 1.29 is 9.47 Å². The van der Waals surface area contributed by atoms with Crippen LogP contribution in [0.1, 0.15) is 30.4 Å². The van der Waals surface area contributed by atoms with Crippen molar-refractivity contribution in [3.63, 3.8) is 0 Å². The summed E-state index contributed by atoms with van der Waals surface area (Å²) >= 11 is 6.58. The number of hydrogen-bond acceptors (Lipinski definition) is 4. The lowest BCUT2D eigenvalue weighted by molar-refractivity contribution is 0.284. The van der Waals surface area contributed by atoms with Crippen molar-refractivity contribution in [1.29, 1.82) is 0 Å². The maximum atomic E-state index is 6.58. The molecule has 1 heterocycles. The number of ether oxygens (including phenoxy) is 2. The molecule has 0 unspecified atom stereocenters. The highest BCUT2D eigenvalue weighted by Crippen LogP contribution is 2.32. The van der Waals surface area contributed by atoms with Crippen LogP contribution in [0.4, 0.5) is 11.4 Å². The molecule has 1 N–H and O–H groups in total. The molecule has 1 aliphatic rings. The number of rotatable bonds is 8. The Morgan fingerprint density at radius 1 is 0.871 bits per heavy atom. The Bertz CT molecular complexity index is 988. The largest absolute Gasteiger partial charge is 0.493 e. The van der Waals surface area contributed by atoms with Crippen LogP contribution < -0.4 is 19.7 Å². The van der Waals surface area contributed by atoms with Crippen molar-refractivity contribution >= 4 is 23.0 Å². The number of anilines is 2. The molecule has 0 spiro atoms. The molecular formula is C26H29ClN2O2. The first-order chi connectivity index (χ1) is 15.2. The van der Waals surface area contributed by atoms with E-state index in [0.29, 0.717) is 13.2 Å². The number of nitrogens with one attached hydrogen (secondary N) is 1. The number of halogens is 1. The third kappa shape index (κ3) is 5.65. The Labute approximate surface area is 189 Å². The molecule has 0 bridgehead atoms. The second kappa shape index (κ2) is 10.5. The average molecular weight is 437 g/mol. The third-order valence-electron chi connectivity index (χ3n) is 5.61. The van der Waals surface area contributed by atoms with Gasteiger partial charge in [-0.2, -0.15) is 0 Å². The SMILES string of the molecule is COc1cc(CNc2ccc(N3CCCCC3)c(Cl)c2)ccc1OCc1ccccc1. The van der Waals surface area contributed by atoms with Crippen LogP contribution >= 0.6 is 11.6 Å². The van der Waals surface area contributed by atoms with Crippen molar-refractivity contribution in [2.75, 3.05) is 30.4 Å². The van der Waals surface area contributed by atoms with E-state index in [4.69, 9.17) is 21.1 Å². The van der Waals surface area contributed by atoms with E-state index in [2.05, 4.69) is 28.4 Å². The zero-order valence-electron chi connectivity index (χ0n) is 17.9. The minimum atomic E-state index is 0.511. The molecule has 0 atom stereocenters. The molecule has 0 saturated carbocycles. The third-order valence-corrected chi connectivity index (χ3v) is 5.91. The molecule has 4 rings (SSSR count). The number of methoxy groups -OCH3 is 1. The van der Waals surface area contributed by atoms with Crippen LogP contribution in [0.3, 0.4) is 0 Å². The summed E-state index contributed by atoms with van der Waals surface area (Å²) in [5, 5.41) is 4.26. The van der Waals surface area contributed by atoms with Crippen LogP contribution in [0.2, 0.25) is 5.02 Å². The first-order valence-corrected chi connectivity index (χ1v) is 11.2. The van der Waals surface area contributed by atoms with Gasteiger partial charge >= 0.3 is 0 Å². The lowest BCUT2D eigenvalue weighted by atomic mass is 10.1. The Kier molecular flexibility index (Phi) is 7.21. The maximum absolute atomic E-state index is 6.58.